The van der Waals surface area contributed by atoms with Gasteiger partial charge in [-0.1, -0.05) is 102 Å². The first-order chi connectivity index (χ1) is 21.9. The van der Waals surface area contributed by atoms with Gasteiger partial charge in [-0.3, -0.25) is 13.9 Å². The predicted molar refractivity (Wildman–Crippen MR) is 186 cm³/mol. The van der Waals surface area contributed by atoms with Crippen molar-refractivity contribution in [3.63, 3.8) is 0 Å². The Hall–Kier alpha value is -3.56. The Bertz CT molecular complexity index is 1750. The number of hydrogen-bond donors (Lipinski definition) is 1. The molecule has 0 aliphatic rings. The minimum atomic E-state index is -4.27. The van der Waals surface area contributed by atoms with Crippen LogP contribution in [0.2, 0.25) is 15.1 Å². The molecule has 46 heavy (non-hydrogen) atoms. The number of carbonyl (C=O) groups is 2. The second kappa shape index (κ2) is 15.8. The van der Waals surface area contributed by atoms with Crippen molar-refractivity contribution in [1.29, 1.82) is 0 Å². The fourth-order valence-corrected chi connectivity index (χ4v) is 6.61. The smallest absolute Gasteiger partial charge is 0.264 e. The monoisotopic (exact) mass is 699 g/mol. The fourth-order valence-electron chi connectivity index (χ4n) is 4.79. The maximum Gasteiger partial charge on any atom is 0.264 e. The van der Waals surface area contributed by atoms with Crippen LogP contribution in [0.1, 0.15) is 37.0 Å². The Morgan fingerprint density at radius 1 is 0.826 bits per heavy atom. The van der Waals surface area contributed by atoms with Gasteiger partial charge in [-0.15, -0.1) is 0 Å². The van der Waals surface area contributed by atoms with Gasteiger partial charge in [0.15, 0.2) is 0 Å². The van der Waals surface area contributed by atoms with E-state index in [-0.39, 0.29) is 45.5 Å². The number of amides is 2. The third-order valence-electron chi connectivity index (χ3n) is 7.62. The van der Waals surface area contributed by atoms with Crippen molar-refractivity contribution >= 4 is 62.3 Å². The summed E-state index contributed by atoms with van der Waals surface area (Å²) in [6.07, 6.45) is 0.898. The third-order valence-corrected chi connectivity index (χ3v) is 10.4. The van der Waals surface area contributed by atoms with Gasteiger partial charge in [0.2, 0.25) is 11.8 Å². The Labute approximate surface area is 286 Å². The second-order valence-electron chi connectivity index (χ2n) is 11.1. The van der Waals surface area contributed by atoms with Gasteiger partial charge in [-0.25, -0.2) is 8.42 Å². The minimum Gasteiger partial charge on any atom is -0.352 e. The van der Waals surface area contributed by atoms with Crippen LogP contribution < -0.4 is 9.62 Å². The second-order valence-corrected chi connectivity index (χ2v) is 14.2. The number of aryl methyl sites for hydroxylation is 1. The highest BCUT2D eigenvalue weighted by molar-refractivity contribution is 7.92. The molecule has 4 rings (SSSR count). The number of anilines is 1. The molecule has 0 fully saturated rings. The molecule has 4 aromatic carbocycles. The van der Waals surface area contributed by atoms with Gasteiger partial charge in [-0.05, 0) is 73.9 Å². The molecule has 0 radical (unpaired) electrons. The van der Waals surface area contributed by atoms with E-state index in [4.69, 9.17) is 34.8 Å². The summed E-state index contributed by atoms with van der Waals surface area (Å²) in [7, 11) is -4.27. The van der Waals surface area contributed by atoms with Crippen molar-refractivity contribution in [2.75, 3.05) is 10.8 Å². The summed E-state index contributed by atoms with van der Waals surface area (Å²) >= 11 is 18.6. The molecule has 0 aliphatic heterocycles. The number of nitrogens with one attached hydrogen (secondary N) is 1. The molecule has 0 saturated carbocycles. The molecule has 0 aliphatic carbocycles. The zero-order valence-corrected chi connectivity index (χ0v) is 28.9. The SMILES string of the molecule is CC[C@@H](C)NC(=O)[C@@H](Cc1ccccc1)N(Cc1ccc(Cl)cc1)C(=O)CN(c1ccc(Cl)c(Cl)c1)S(=O)(=O)c1ccc(C)cc1. The molecule has 4 aromatic rings. The number of rotatable bonds is 13. The molecule has 7 nitrogen and oxygen atoms in total. The quantitative estimate of drug-likeness (QED) is 0.155. The lowest BCUT2D eigenvalue weighted by Gasteiger charge is -2.34. The molecule has 242 valence electrons. The van der Waals surface area contributed by atoms with Gasteiger partial charge >= 0.3 is 0 Å². The summed E-state index contributed by atoms with van der Waals surface area (Å²) < 4.78 is 29.3. The van der Waals surface area contributed by atoms with E-state index in [0.29, 0.717) is 11.4 Å². The number of hydrogen-bond acceptors (Lipinski definition) is 4. The van der Waals surface area contributed by atoms with E-state index in [1.165, 1.54) is 35.2 Å². The first kappa shape index (κ1) is 35.3. The third kappa shape index (κ3) is 9.04. The standard InChI is InChI=1S/C35H36Cl3N3O4S/c1-4-25(3)39-35(43)33(20-26-8-6-5-7-9-26)40(22-27-12-14-28(36)15-13-27)34(42)23-41(29-16-19-31(37)32(38)21-29)46(44,45)30-17-10-24(2)11-18-30/h5-19,21,25,33H,4,20,22-23H2,1-3H3,(H,39,43)/t25-,33-/m1/s1. The minimum absolute atomic E-state index is 0.00317. The number of benzene rings is 4. The largest absolute Gasteiger partial charge is 0.352 e. The van der Waals surface area contributed by atoms with Crippen molar-refractivity contribution in [3.8, 4) is 0 Å². The highest BCUT2D eigenvalue weighted by Gasteiger charge is 2.35. The highest BCUT2D eigenvalue weighted by Crippen LogP contribution is 2.31. The van der Waals surface area contributed by atoms with E-state index >= 15 is 0 Å². The molecule has 0 bridgehead atoms. The number of sulfonamides is 1. The van der Waals surface area contributed by atoms with Gasteiger partial charge in [0.25, 0.3) is 10.0 Å². The van der Waals surface area contributed by atoms with Gasteiger partial charge < -0.3 is 10.2 Å². The fraction of sp³-hybridized carbons (Fsp3) is 0.257. The van der Waals surface area contributed by atoms with Crippen LogP contribution in [0.3, 0.4) is 0 Å². The number of halogens is 3. The van der Waals surface area contributed by atoms with Crippen molar-refractivity contribution in [2.24, 2.45) is 0 Å². The zero-order valence-electron chi connectivity index (χ0n) is 25.8. The maximum atomic E-state index is 14.5. The van der Waals surface area contributed by atoms with E-state index in [1.807, 2.05) is 51.1 Å². The molecule has 0 saturated heterocycles. The van der Waals surface area contributed by atoms with E-state index in [1.54, 1.807) is 36.4 Å². The molecule has 0 heterocycles. The van der Waals surface area contributed by atoms with Crippen LogP contribution in [0.25, 0.3) is 0 Å². The summed E-state index contributed by atoms with van der Waals surface area (Å²) in [6.45, 7) is 5.12. The van der Waals surface area contributed by atoms with E-state index in [0.717, 1.165) is 21.0 Å². The van der Waals surface area contributed by atoms with Crippen molar-refractivity contribution < 1.29 is 18.0 Å². The Morgan fingerprint density at radius 2 is 1.48 bits per heavy atom. The molecule has 0 aromatic heterocycles. The number of nitrogens with zero attached hydrogens (tertiary/aromatic N) is 2. The lowest BCUT2D eigenvalue weighted by Crippen LogP contribution is -2.54. The average Bonchev–Trinajstić information content (AvgIpc) is 3.04. The Morgan fingerprint density at radius 3 is 2.09 bits per heavy atom. The predicted octanol–water partition coefficient (Wildman–Crippen LogP) is 7.71. The van der Waals surface area contributed by atoms with Crippen LogP contribution in [-0.4, -0.2) is 43.8 Å². The average molecular weight is 701 g/mol. The van der Waals surface area contributed by atoms with Crippen LogP contribution >= 0.6 is 34.8 Å². The number of carbonyl (C=O) groups excluding carboxylic acids is 2. The molecule has 0 spiro atoms. The topological polar surface area (TPSA) is 86.8 Å². The zero-order chi connectivity index (χ0) is 33.4. The van der Waals surface area contributed by atoms with Gasteiger partial charge in [0, 0.05) is 24.0 Å². The molecule has 1 N–H and O–H groups in total. The van der Waals surface area contributed by atoms with Crippen molar-refractivity contribution in [1.82, 2.24) is 10.2 Å². The summed E-state index contributed by atoms with van der Waals surface area (Å²) in [5, 5.41) is 3.91. The van der Waals surface area contributed by atoms with Crippen LogP contribution in [0, 0.1) is 6.92 Å². The Kier molecular flexibility index (Phi) is 12.1. The molecule has 0 unspecified atom stereocenters. The van der Waals surface area contributed by atoms with Gasteiger partial charge in [0.1, 0.15) is 12.6 Å². The molecule has 11 heteroatoms. The maximum absolute atomic E-state index is 14.5. The van der Waals surface area contributed by atoms with Crippen molar-refractivity contribution in [2.45, 2.75) is 57.1 Å². The van der Waals surface area contributed by atoms with Crippen LogP contribution in [0.5, 0.6) is 0 Å². The van der Waals surface area contributed by atoms with E-state index in [9.17, 15) is 18.0 Å². The molecular formula is C35H36Cl3N3O4S. The Balaban J connectivity index is 1.82. The van der Waals surface area contributed by atoms with E-state index in [2.05, 4.69) is 5.32 Å². The summed E-state index contributed by atoms with van der Waals surface area (Å²) in [4.78, 5) is 29.9. The summed E-state index contributed by atoms with van der Waals surface area (Å²) in [5.41, 5.74) is 2.59. The summed E-state index contributed by atoms with van der Waals surface area (Å²) in [6, 6.07) is 25.9. The highest BCUT2D eigenvalue weighted by atomic mass is 35.5. The van der Waals surface area contributed by atoms with Crippen LogP contribution in [0.4, 0.5) is 5.69 Å². The molecule has 2 amide bonds. The lowest BCUT2D eigenvalue weighted by atomic mass is 10.0. The van der Waals surface area contributed by atoms with E-state index < -0.39 is 28.5 Å². The molecule has 2 atom stereocenters. The van der Waals surface area contributed by atoms with Gasteiger partial charge in [-0.2, -0.15) is 0 Å². The first-order valence-corrected chi connectivity index (χ1v) is 17.4. The lowest BCUT2D eigenvalue weighted by molar-refractivity contribution is -0.140. The van der Waals surface area contributed by atoms with Gasteiger partial charge in [0.05, 0.1) is 20.6 Å². The van der Waals surface area contributed by atoms with Crippen LogP contribution in [0.15, 0.2) is 102 Å². The first-order valence-electron chi connectivity index (χ1n) is 14.8. The van der Waals surface area contributed by atoms with Crippen LogP contribution in [-0.2, 0) is 32.6 Å². The summed E-state index contributed by atoms with van der Waals surface area (Å²) in [5.74, 6) is -0.931. The van der Waals surface area contributed by atoms with Crippen molar-refractivity contribution in [3.05, 3.63) is 129 Å². The normalized spacial score (nSPS) is 12.7. The molecular weight excluding hydrogens is 665 g/mol.